The molecule has 0 fully saturated rings. The van der Waals surface area contributed by atoms with Crippen LogP contribution in [-0.2, 0) is 16.1 Å². The average Bonchev–Trinajstić information content (AvgIpc) is 2.89. The van der Waals surface area contributed by atoms with Crippen molar-refractivity contribution in [3.05, 3.63) is 30.5 Å². The van der Waals surface area contributed by atoms with E-state index in [1.54, 1.807) is 6.21 Å². The number of esters is 1. The summed E-state index contributed by atoms with van der Waals surface area (Å²) in [5.41, 5.74) is 1.07. The average molecular weight is 274 g/mol. The van der Waals surface area contributed by atoms with Gasteiger partial charge in [-0.2, -0.15) is 0 Å². The molecule has 0 radical (unpaired) electrons. The second-order valence-corrected chi connectivity index (χ2v) is 4.23. The third kappa shape index (κ3) is 3.17. The van der Waals surface area contributed by atoms with Crippen LogP contribution < -0.4 is 4.74 Å². The number of fused-ring (bicyclic) bond motifs is 1. The van der Waals surface area contributed by atoms with E-state index in [0.29, 0.717) is 5.75 Å². The van der Waals surface area contributed by atoms with E-state index in [1.807, 2.05) is 37.4 Å². The normalized spacial score (nSPS) is 11.1. The molecule has 0 aliphatic carbocycles. The highest BCUT2D eigenvalue weighted by molar-refractivity contribution is 5.86. The Balaban J connectivity index is 2.18. The van der Waals surface area contributed by atoms with Crippen LogP contribution in [-0.4, -0.2) is 37.0 Å². The van der Waals surface area contributed by atoms with Crippen molar-refractivity contribution in [3.63, 3.8) is 0 Å². The second kappa shape index (κ2) is 6.75. The lowest BCUT2D eigenvalue weighted by atomic mass is 10.2. The number of nitrogens with zero attached hydrogens (tertiary/aromatic N) is 2. The smallest absolute Gasteiger partial charge is 0.343 e. The Kier molecular flexibility index (Phi) is 4.76. The van der Waals surface area contributed by atoms with Gasteiger partial charge in [-0.25, -0.2) is 4.79 Å². The SMILES string of the molecule is CC=NCCn1ccc2c(OCC(=O)OC)cccc21. The maximum atomic E-state index is 11.1. The van der Waals surface area contributed by atoms with Crippen molar-refractivity contribution in [3.8, 4) is 5.75 Å². The maximum Gasteiger partial charge on any atom is 0.343 e. The van der Waals surface area contributed by atoms with Crippen LogP contribution in [0.5, 0.6) is 5.75 Å². The molecule has 1 aromatic heterocycles. The quantitative estimate of drug-likeness (QED) is 0.600. The van der Waals surface area contributed by atoms with Crippen molar-refractivity contribution in [1.29, 1.82) is 0 Å². The van der Waals surface area contributed by atoms with Crippen LogP contribution in [0.2, 0.25) is 0 Å². The lowest BCUT2D eigenvalue weighted by Crippen LogP contribution is -2.12. The summed E-state index contributed by atoms with van der Waals surface area (Å²) in [5.74, 6) is 0.296. The Labute approximate surface area is 117 Å². The molecule has 1 aromatic carbocycles. The van der Waals surface area contributed by atoms with Gasteiger partial charge in [0.2, 0.25) is 0 Å². The minimum absolute atomic E-state index is 0.0824. The first-order valence-corrected chi connectivity index (χ1v) is 6.48. The van der Waals surface area contributed by atoms with Crippen molar-refractivity contribution in [2.24, 2.45) is 4.99 Å². The van der Waals surface area contributed by atoms with Gasteiger partial charge in [-0.3, -0.25) is 4.99 Å². The largest absolute Gasteiger partial charge is 0.481 e. The summed E-state index contributed by atoms with van der Waals surface area (Å²) in [6.07, 6.45) is 3.80. The first-order valence-electron chi connectivity index (χ1n) is 6.48. The van der Waals surface area contributed by atoms with Crippen LogP contribution in [0.25, 0.3) is 10.9 Å². The highest BCUT2D eigenvalue weighted by Crippen LogP contribution is 2.26. The number of carbonyl (C=O) groups excluding carboxylic acids is 1. The maximum absolute atomic E-state index is 11.1. The van der Waals surface area contributed by atoms with Gasteiger partial charge in [-0.15, -0.1) is 0 Å². The van der Waals surface area contributed by atoms with E-state index in [4.69, 9.17) is 4.74 Å². The van der Waals surface area contributed by atoms with Gasteiger partial charge in [0.05, 0.1) is 19.2 Å². The Morgan fingerprint density at radius 3 is 3.00 bits per heavy atom. The molecule has 5 nitrogen and oxygen atoms in total. The summed E-state index contributed by atoms with van der Waals surface area (Å²) in [7, 11) is 1.34. The molecule has 1 heterocycles. The number of carbonyl (C=O) groups is 1. The van der Waals surface area contributed by atoms with Gasteiger partial charge in [0.1, 0.15) is 5.75 Å². The molecule has 0 unspecified atom stereocenters. The predicted octanol–water partition coefficient (Wildman–Crippen LogP) is 2.28. The fourth-order valence-electron chi connectivity index (χ4n) is 2.01. The van der Waals surface area contributed by atoms with Gasteiger partial charge in [-0.1, -0.05) is 6.07 Å². The van der Waals surface area contributed by atoms with Crippen LogP contribution in [0.15, 0.2) is 35.5 Å². The van der Waals surface area contributed by atoms with Crippen molar-refractivity contribution in [2.45, 2.75) is 13.5 Å². The first kappa shape index (κ1) is 14.1. The molecule has 0 amide bonds. The number of aromatic nitrogens is 1. The van der Waals surface area contributed by atoms with Gasteiger partial charge < -0.3 is 14.0 Å². The number of benzene rings is 1. The van der Waals surface area contributed by atoms with Crippen molar-refractivity contribution in [1.82, 2.24) is 4.57 Å². The standard InChI is InChI=1S/C15H18N2O3/c1-3-16-8-10-17-9-7-12-13(17)5-4-6-14(12)20-11-15(18)19-2/h3-7,9H,8,10-11H2,1-2H3. The number of hydrogen-bond donors (Lipinski definition) is 0. The summed E-state index contributed by atoms with van der Waals surface area (Å²) in [6.45, 7) is 3.38. The lowest BCUT2D eigenvalue weighted by Gasteiger charge is -2.07. The molecule has 5 heteroatoms. The number of methoxy groups -OCH3 is 1. The molecule has 0 saturated heterocycles. The van der Waals surface area contributed by atoms with E-state index in [-0.39, 0.29) is 6.61 Å². The predicted molar refractivity (Wildman–Crippen MR) is 78.5 cm³/mol. The van der Waals surface area contributed by atoms with Crippen LogP contribution in [0.1, 0.15) is 6.92 Å². The molecule has 0 aliphatic rings. The molecule has 2 aromatic rings. The lowest BCUT2D eigenvalue weighted by molar-refractivity contribution is -0.142. The first-order chi connectivity index (χ1) is 9.76. The molecule has 106 valence electrons. The van der Waals surface area contributed by atoms with Gasteiger partial charge in [0, 0.05) is 18.1 Å². The molecular weight excluding hydrogens is 256 g/mol. The molecule has 0 bridgehead atoms. The molecule has 0 saturated carbocycles. The third-order valence-corrected chi connectivity index (χ3v) is 3.00. The molecule has 20 heavy (non-hydrogen) atoms. The number of ether oxygens (including phenoxy) is 2. The molecular formula is C15H18N2O3. The fraction of sp³-hybridized carbons (Fsp3) is 0.333. The summed E-state index contributed by atoms with van der Waals surface area (Å²) in [4.78, 5) is 15.3. The highest BCUT2D eigenvalue weighted by atomic mass is 16.6. The topological polar surface area (TPSA) is 52.8 Å². The van der Waals surface area contributed by atoms with E-state index in [2.05, 4.69) is 14.3 Å². The van der Waals surface area contributed by atoms with E-state index in [0.717, 1.165) is 24.0 Å². The number of aliphatic imine (C=N–C) groups is 1. The summed E-state index contributed by atoms with van der Waals surface area (Å²) in [6, 6.07) is 7.77. The zero-order valence-corrected chi connectivity index (χ0v) is 11.7. The van der Waals surface area contributed by atoms with E-state index in [1.165, 1.54) is 7.11 Å². The van der Waals surface area contributed by atoms with Crippen molar-refractivity contribution in [2.75, 3.05) is 20.3 Å². The molecule has 0 aliphatic heterocycles. The Hall–Kier alpha value is -2.30. The minimum Gasteiger partial charge on any atom is -0.481 e. The van der Waals surface area contributed by atoms with Crippen LogP contribution >= 0.6 is 0 Å². The second-order valence-electron chi connectivity index (χ2n) is 4.23. The van der Waals surface area contributed by atoms with E-state index >= 15 is 0 Å². The Morgan fingerprint density at radius 2 is 2.25 bits per heavy atom. The van der Waals surface area contributed by atoms with Crippen LogP contribution in [0.4, 0.5) is 0 Å². The Morgan fingerprint density at radius 1 is 1.40 bits per heavy atom. The van der Waals surface area contributed by atoms with Crippen LogP contribution in [0, 0.1) is 0 Å². The molecule has 2 rings (SSSR count). The van der Waals surface area contributed by atoms with E-state index in [9.17, 15) is 4.79 Å². The monoisotopic (exact) mass is 274 g/mol. The third-order valence-electron chi connectivity index (χ3n) is 3.00. The zero-order chi connectivity index (χ0) is 14.4. The number of hydrogen-bond acceptors (Lipinski definition) is 4. The van der Waals surface area contributed by atoms with Gasteiger partial charge >= 0.3 is 5.97 Å². The van der Waals surface area contributed by atoms with Crippen molar-refractivity contribution >= 4 is 23.1 Å². The number of rotatable bonds is 6. The fourth-order valence-corrected chi connectivity index (χ4v) is 2.01. The van der Waals surface area contributed by atoms with Gasteiger partial charge in [0.25, 0.3) is 0 Å². The van der Waals surface area contributed by atoms with Gasteiger partial charge in [-0.05, 0) is 31.3 Å². The van der Waals surface area contributed by atoms with Crippen molar-refractivity contribution < 1.29 is 14.3 Å². The summed E-state index contributed by atoms with van der Waals surface area (Å²) >= 11 is 0. The summed E-state index contributed by atoms with van der Waals surface area (Å²) in [5, 5.41) is 0.983. The molecule has 0 N–H and O–H groups in total. The molecule has 0 atom stereocenters. The molecule has 0 spiro atoms. The van der Waals surface area contributed by atoms with Gasteiger partial charge in [0.15, 0.2) is 6.61 Å². The highest BCUT2D eigenvalue weighted by Gasteiger charge is 2.08. The van der Waals surface area contributed by atoms with Crippen LogP contribution in [0.3, 0.4) is 0 Å². The zero-order valence-electron chi connectivity index (χ0n) is 11.7. The summed E-state index contributed by atoms with van der Waals surface area (Å²) < 4.78 is 12.2. The minimum atomic E-state index is -0.390. The Bertz CT molecular complexity index is 617. The van der Waals surface area contributed by atoms with E-state index < -0.39 is 5.97 Å².